The van der Waals surface area contributed by atoms with Gasteiger partial charge in [-0.25, -0.2) is 4.68 Å². The van der Waals surface area contributed by atoms with Gasteiger partial charge >= 0.3 is 6.18 Å². The van der Waals surface area contributed by atoms with Gasteiger partial charge in [-0.1, -0.05) is 24.3 Å². The first-order chi connectivity index (χ1) is 14.3. The molecular formula is C22H22F3N3O2. The summed E-state index contributed by atoms with van der Waals surface area (Å²) in [7, 11) is 0. The van der Waals surface area contributed by atoms with Gasteiger partial charge in [0.05, 0.1) is 36.5 Å². The highest BCUT2D eigenvalue weighted by Gasteiger charge is 2.30. The maximum atomic E-state index is 13.0. The molecule has 1 atom stereocenters. The van der Waals surface area contributed by atoms with Crippen molar-refractivity contribution in [1.82, 2.24) is 15.1 Å². The summed E-state index contributed by atoms with van der Waals surface area (Å²) >= 11 is 0. The second-order valence-corrected chi connectivity index (χ2v) is 6.85. The third-order valence-electron chi connectivity index (χ3n) is 4.65. The van der Waals surface area contributed by atoms with E-state index in [-0.39, 0.29) is 25.0 Å². The van der Waals surface area contributed by atoms with E-state index in [0.717, 1.165) is 17.7 Å². The molecule has 0 saturated heterocycles. The Labute approximate surface area is 172 Å². The summed E-state index contributed by atoms with van der Waals surface area (Å²) in [6.45, 7) is 3.80. The molecule has 158 valence electrons. The summed E-state index contributed by atoms with van der Waals surface area (Å²) in [5.41, 5.74) is 0.951. The Morgan fingerprint density at radius 3 is 2.60 bits per heavy atom. The number of para-hydroxylation sites is 1. The molecule has 0 fully saturated rings. The van der Waals surface area contributed by atoms with Crippen molar-refractivity contribution in [2.45, 2.75) is 32.5 Å². The Morgan fingerprint density at radius 2 is 1.90 bits per heavy atom. The van der Waals surface area contributed by atoms with E-state index in [9.17, 15) is 18.0 Å². The molecule has 5 nitrogen and oxygen atoms in total. The second-order valence-electron chi connectivity index (χ2n) is 6.85. The first-order valence-electron chi connectivity index (χ1n) is 9.45. The third kappa shape index (κ3) is 5.20. The van der Waals surface area contributed by atoms with Gasteiger partial charge in [0, 0.05) is 11.3 Å². The number of halogens is 3. The zero-order valence-corrected chi connectivity index (χ0v) is 16.6. The number of hydrogen-bond acceptors (Lipinski definition) is 3. The van der Waals surface area contributed by atoms with Gasteiger partial charge in [-0.3, -0.25) is 4.79 Å². The van der Waals surface area contributed by atoms with Crippen molar-refractivity contribution in [1.29, 1.82) is 0 Å². The summed E-state index contributed by atoms with van der Waals surface area (Å²) in [6.07, 6.45) is -2.69. The molecule has 0 aliphatic carbocycles. The number of nitrogens with one attached hydrogen (secondary N) is 1. The molecule has 0 saturated carbocycles. The van der Waals surface area contributed by atoms with Gasteiger partial charge in [0.1, 0.15) is 5.75 Å². The van der Waals surface area contributed by atoms with E-state index in [2.05, 4.69) is 10.4 Å². The number of rotatable bonds is 7. The Morgan fingerprint density at radius 1 is 1.17 bits per heavy atom. The van der Waals surface area contributed by atoms with Crippen molar-refractivity contribution < 1.29 is 22.7 Å². The van der Waals surface area contributed by atoms with Crippen LogP contribution in [0.3, 0.4) is 0 Å². The third-order valence-corrected chi connectivity index (χ3v) is 4.65. The van der Waals surface area contributed by atoms with Crippen LogP contribution in [-0.4, -0.2) is 22.3 Å². The second kappa shape index (κ2) is 9.02. The maximum Gasteiger partial charge on any atom is 0.416 e. The summed E-state index contributed by atoms with van der Waals surface area (Å²) in [4.78, 5) is 12.2. The first kappa shape index (κ1) is 21.4. The zero-order valence-electron chi connectivity index (χ0n) is 16.6. The van der Waals surface area contributed by atoms with Crippen molar-refractivity contribution in [2.24, 2.45) is 0 Å². The van der Waals surface area contributed by atoms with Gasteiger partial charge < -0.3 is 10.1 Å². The smallest absolute Gasteiger partial charge is 0.416 e. The number of carbonyl (C=O) groups is 1. The number of amides is 1. The Bertz CT molecular complexity index is 1000. The van der Waals surface area contributed by atoms with Gasteiger partial charge in [0.2, 0.25) is 5.91 Å². The molecule has 1 amide bonds. The summed E-state index contributed by atoms with van der Waals surface area (Å²) in [5.74, 6) is 0.501. The minimum atomic E-state index is -4.43. The zero-order chi connectivity index (χ0) is 21.7. The first-order valence-corrected chi connectivity index (χ1v) is 9.45. The predicted octanol–water partition coefficient (Wildman–Crippen LogP) is 4.85. The van der Waals surface area contributed by atoms with Gasteiger partial charge in [-0.2, -0.15) is 18.3 Å². The van der Waals surface area contributed by atoms with Crippen LogP contribution in [0.5, 0.6) is 5.75 Å². The van der Waals surface area contributed by atoms with E-state index in [1.54, 1.807) is 26.1 Å². The SMILES string of the molecule is Cc1c(C(C)NC(=O)CCOc2ccccc2)cnn1-c1cccc(C(F)(F)F)c1. The highest BCUT2D eigenvalue weighted by atomic mass is 19.4. The minimum Gasteiger partial charge on any atom is -0.493 e. The number of carbonyl (C=O) groups excluding carboxylic acids is 1. The topological polar surface area (TPSA) is 56.1 Å². The molecule has 1 N–H and O–H groups in total. The number of hydrogen-bond donors (Lipinski definition) is 1. The number of nitrogens with zero attached hydrogens (tertiary/aromatic N) is 2. The minimum absolute atomic E-state index is 0.181. The average Bonchev–Trinajstić information content (AvgIpc) is 3.10. The number of benzene rings is 2. The van der Waals surface area contributed by atoms with E-state index >= 15 is 0 Å². The molecule has 0 aliphatic heterocycles. The molecule has 1 unspecified atom stereocenters. The van der Waals surface area contributed by atoms with E-state index < -0.39 is 11.7 Å². The van der Waals surface area contributed by atoms with Gasteiger partial charge in [-0.05, 0) is 44.2 Å². The summed E-state index contributed by atoms with van der Waals surface area (Å²) < 4.78 is 45.9. The molecular weight excluding hydrogens is 395 g/mol. The molecule has 8 heteroatoms. The normalized spacial score (nSPS) is 12.4. The quantitative estimate of drug-likeness (QED) is 0.598. The lowest BCUT2D eigenvalue weighted by atomic mass is 10.1. The van der Waals surface area contributed by atoms with Crippen molar-refractivity contribution in [3.63, 3.8) is 0 Å². The van der Waals surface area contributed by atoms with Crippen LogP contribution < -0.4 is 10.1 Å². The van der Waals surface area contributed by atoms with Crippen LogP contribution in [0.15, 0.2) is 60.8 Å². The number of alkyl halides is 3. The summed E-state index contributed by atoms with van der Waals surface area (Å²) in [6, 6.07) is 13.8. The number of aromatic nitrogens is 2. The van der Waals surface area contributed by atoms with Crippen LogP contribution in [-0.2, 0) is 11.0 Å². The molecule has 1 heterocycles. The van der Waals surface area contributed by atoms with E-state index in [0.29, 0.717) is 17.1 Å². The van der Waals surface area contributed by atoms with Gasteiger partial charge in [0.25, 0.3) is 0 Å². The number of ether oxygens (including phenoxy) is 1. The Balaban J connectivity index is 1.63. The molecule has 3 aromatic rings. The average molecular weight is 417 g/mol. The Kier molecular flexibility index (Phi) is 6.44. The van der Waals surface area contributed by atoms with Gasteiger partial charge in [-0.15, -0.1) is 0 Å². The van der Waals surface area contributed by atoms with Crippen molar-refractivity contribution in [2.75, 3.05) is 6.61 Å². The van der Waals surface area contributed by atoms with Crippen LogP contribution in [0, 0.1) is 6.92 Å². The van der Waals surface area contributed by atoms with E-state index in [1.807, 2.05) is 30.3 Å². The van der Waals surface area contributed by atoms with Crippen LogP contribution >= 0.6 is 0 Å². The van der Waals surface area contributed by atoms with Crippen LogP contribution in [0.25, 0.3) is 5.69 Å². The largest absolute Gasteiger partial charge is 0.493 e. The molecule has 1 aromatic heterocycles. The van der Waals surface area contributed by atoms with Crippen molar-refractivity contribution in [3.8, 4) is 11.4 Å². The molecule has 0 radical (unpaired) electrons. The van der Waals surface area contributed by atoms with Crippen molar-refractivity contribution in [3.05, 3.63) is 77.6 Å². The standard InChI is InChI=1S/C22H22F3N3O2/c1-15(27-21(29)11-12-30-19-9-4-3-5-10-19)20-14-26-28(16(20)2)18-8-6-7-17(13-18)22(23,24)25/h3-10,13-15H,11-12H2,1-2H3,(H,27,29). The van der Waals surface area contributed by atoms with E-state index in [1.165, 1.54) is 10.7 Å². The highest BCUT2D eigenvalue weighted by molar-refractivity contribution is 5.76. The monoisotopic (exact) mass is 417 g/mol. The van der Waals surface area contributed by atoms with E-state index in [4.69, 9.17) is 4.74 Å². The summed E-state index contributed by atoms with van der Waals surface area (Å²) in [5, 5.41) is 7.08. The Hall–Kier alpha value is -3.29. The lowest BCUT2D eigenvalue weighted by Crippen LogP contribution is -2.28. The lowest BCUT2D eigenvalue weighted by molar-refractivity contribution is -0.137. The lowest BCUT2D eigenvalue weighted by Gasteiger charge is -2.15. The van der Waals surface area contributed by atoms with Gasteiger partial charge in [0.15, 0.2) is 0 Å². The molecule has 0 bridgehead atoms. The van der Waals surface area contributed by atoms with Crippen LogP contribution in [0.4, 0.5) is 13.2 Å². The maximum absolute atomic E-state index is 13.0. The molecule has 0 aliphatic rings. The fourth-order valence-corrected chi connectivity index (χ4v) is 3.09. The highest BCUT2D eigenvalue weighted by Crippen LogP contribution is 2.31. The van der Waals surface area contributed by atoms with Crippen LogP contribution in [0.2, 0.25) is 0 Å². The van der Waals surface area contributed by atoms with Crippen LogP contribution in [0.1, 0.15) is 36.2 Å². The van der Waals surface area contributed by atoms with Crippen molar-refractivity contribution >= 4 is 5.91 Å². The molecule has 0 spiro atoms. The molecule has 3 rings (SSSR count). The predicted molar refractivity (Wildman–Crippen MR) is 106 cm³/mol. The molecule has 30 heavy (non-hydrogen) atoms. The fraction of sp³-hybridized carbons (Fsp3) is 0.273. The fourth-order valence-electron chi connectivity index (χ4n) is 3.09. The molecule has 2 aromatic carbocycles.